The monoisotopic (exact) mass is 399 g/mol. The van der Waals surface area contributed by atoms with E-state index in [-0.39, 0.29) is 17.7 Å². The molecular formula is C21H22ClN3O3. The summed E-state index contributed by atoms with van der Waals surface area (Å²) in [5.41, 5.74) is 1.09. The van der Waals surface area contributed by atoms with Crippen molar-refractivity contribution in [2.75, 3.05) is 19.6 Å². The van der Waals surface area contributed by atoms with Gasteiger partial charge in [-0.3, -0.25) is 14.4 Å². The molecule has 7 heteroatoms. The third kappa shape index (κ3) is 4.89. The number of rotatable bonds is 6. The van der Waals surface area contributed by atoms with E-state index in [1.54, 1.807) is 41.3 Å². The van der Waals surface area contributed by atoms with Crippen LogP contribution >= 0.6 is 11.6 Å². The van der Waals surface area contributed by atoms with E-state index in [9.17, 15) is 14.4 Å². The molecule has 0 spiro atoms. The van der Waals surface area contributed by atoms with Crippen LogP contribution in [0, 0.1) is 0 Å². The molecule has 28 heavy (non-hydrogen) atoms. The second-order valence-corrected chi connectivity index (χ2v) is 7.01. The van der Waals surface area contributed by atoms with Gasteiger partial charge in [-0.25, -0.2) is 0 Å². The molecule has 1 aliphatic rings. The molecule has 1 aliphatic heterocycles. The van der Waals surface area contributed by atoms with Crippen LogP contribution in [-0.2, 0) is 4.79 Å². The highest BCUT2D eigenvalue weighted by molar-refractivity contribution is 6.30. The van der Waals surface area contributed by atoms with Crippen molar-refractivity contribution in [3.05, 3.63) is 70.7 Å². The third-order valence-corrected chi connectivity index (χ3v) is 4.91. The van der Waals surface area contributed by atoms with Crippen LogP contribution in [0.1, 0.15) is 33.6 Å². The second-order valence-electron chi connectivity index (χ2n) is 6.58. The Morgan fingerprint density at radius 2 is 1.61 bits per heavy atom. The van der Waals surface area contributed by atoms with E-state index in [2.05, 4.69) is 10.6 Å². The number of halogens is 1. The topological polar surface area (TPSA) is 78.5 Å². The molecule has 3 amide bonds. The quantitative estimate of drug-likeness (QED) is 0.732. The van der Waals surface area contributed by atoms with Gasteiger partial charge in [0, 0.05) is 35.8 Å². The molecule has 2 N–H and O–H groups in total. The molecule has 1 atom stereocenters. The van der Waals surface area contributed by atoms with Gasteiger partial charge >= 0.3 is 0 Å². The molecule has 0 unspecified atom stereocenters. The van der Waals surface area contributed by atoms with Crippen LogP contribution in [0.25, 0.3) is 0 Å². The van der Waals surface area contributed by atoms with Crippen molar-refractivity contribution in [1.29, 1.82) is 0 Å². The summed E-state index contributed by atoms with van der Waals surface area (Å²) in [7, 11) is 0. The number of amides is 3. The lowest BCUT2D eigenvalue weighted by molar-refractivity contribution is -0.124. The summed E-state index contributed by atoms with van der Waals surface area (Å²) >= 11 is 5.81. The zero-order chi connectivity index (χ0) is 19.9. The lowest BCUT2D eigenvalue weighted by Crippen LogP contribution is -2.47. The first-order valence-corrected chi connectivity index (χ1v) is 9.61. The molecule has 1 saturated heterocycles. The Labute approximate surface area is 168 Å². The predicted molar refractivity (Wildman–Crippen MR) is 107 cm³/mol. The Morgan fingerprint density at radius 1 is 0.929 bits per heavy atom. The second kappa shape index (κ2) is 9.37. The van der Waals surface area contributed by atoms with E-state index >= 15 is 0 Å². The van der Waals surface area contributed by atoms with Crippen LogP contribution in [0.4, 0.5) is 0 Å². The van der Waals surface area contributed by atoms with E-state index in [0.717, 1.165) is 6.42 Å². The molecule has 1 fully saturated rings. The molecule has 1 heterocycles. The fraction of sp³-hybridized carbons (Fsp3) is 0.286. The molecule has 146 valence electrons. The largest absolute Gasteiger partial charge is 0.353 e. The first kappa shape index (κ1) is 19.9. The minimum Gasteiger partial charge on any atom is -0.353 e. The van der Waals surface area contributed by atoms with Crippen molar-refractivity contribution in [3.8, 4) is 0 Å². The predicted octanol–water partition coefficient (Wildman–Crippen LogP) is 2.49. The molecule has 2 aromatic carbocycles. The van der Waals surface area contributed by atoms with Crippen molar-refractivity contribution in [1.82, 2.24) is 15.5 Å². The van der Waals surface area contributed by atoms with Crippen molar-refractivity contribution >= 4 is 29.3 Å². The maximum absolute atomic E-state index is 12.6. The van der Waals surface area contributed by atoms with E-state index in [0.29, 0.717) is 42.2 Å². The standard InChI is InChI=1S/C21H22ClN3O3/c22-17-10-8-15(9-11-17)19(26)23-12-13-24-20(27)18-7-4-14-25(18)21(28)16-5-2-1-3-6-16/h1-3,5-6,8-11,18H,4,7,12-14H2,(H,23,26)(H,24,27)/t18-/m1/s1. The van der Waals surface area contributed by atoms with Crippen molar-refractivity contribution in [3.63, 3.8) is 0 Å². The van der Waals surface area contributed by atoms with E-state index in [1.807, 2.05) is 18.2 Å². The highest BCUT2D eigenvalue weighted by atomic mass is 35.5. The summed E-state index contributed by atoms with van der Waals surface area (Å²) in [4.78, 5) is 38.8. The van der Waals surface area contributed by atoms with Gasteiger partial charge in [-0.1, -0.05) is 29.8 Å². The molecule has 3 rings (SSSR count). The Bertz CT molecular complexity index is 840. The summed E-state index contributed by atoms with van der Waals surface area (Å²) in [6, 6.07) is 15.1. The molecule has 0 saturated carbocycles. The van der Waals surface area contributed by atoms with Crippen LogP contribution in [0.2, 0.25) is 5.02 Å². The SMILES string of the molecule is O=C(NCCNC(=O)[C@H]1CCCN1C(=O)c1ccccc1)c1ccc(Cl)cc1. The van der Waals surface area contributed by atoms with Crippen molar-refractivity contribution in [2.45, 2.75) is 18.9 Å². The Kier molecular flexibility index (Phi) is 6.66. The molecule has 6 nitrogen and oxygen atoms in total. The summed E-state index contributed by atoms with van der Waals surface area (Å²) in [6.45, 7) is 1.16. The van der Waals surface area contributed by atoms with E-state index < -0.39 is 6.04 Å². The Balaban J connectivity index is 1.47. The molecule has 2 aromatic rings. The van der Waals surface area contributed by atoms with Gasteiger partial charge in [-0.2, -0.15) is 0 Å². The number of hydrogen-bond donors (Lipinski definition) is 2. The molecule has 0 aliphatic carbocycles. The van der Waals surface area contributed by atoms with Crippen LogP contribution in [0.15, 0.2) is 54.6 Å². The van der Waals surface area contributed by atoms with Gasteiger partial charge in [0.1, 0.15) is 6.04 Å². The zero-order valence-corrected chi connectivity index (χ0v) is 16.1. The van der Waals surface area contributed by atoms with Crippen molar-refractivity contribution < 1.29 is 14.4 Å². The molecule has 0 radical (unpaired) electrons. The summed E-state index contributed by atoms with van der Waals surface area (Å²) in [6.07, 6.45) is 1.44. The fourth-order valence-corrected chi connectivity index (χ4v) is 3.34. The molecule has 0 aromatic heterocycles. The van der Waals surface area contributed by atoms with Crippen LogP contribution < -0.4 is 10.6 Å². The lowest BCUT2D eigenvalue weighted by Gasteiger charge is -2.24. The summed E-state index contributed by atoms with van der Waals surface area (Å²) in [5.74, 6) is -0.551. The smallest absolute Gasteiger partial charge is 0.254 e. The normalized spacial score (nSPS) is 15.9. The van der Waals surface area contributed by atoms with Crippen LogP contribution in [0.5, 0.6) is 0 Å². The van der Waals surface area contributed by atoms with Crippen LogP contribution in [0.3, 0.4) is 0 Å². The molecular weight excluding hydrogens is 378 g/mol. The minimum atomic E-state index is -0.473. The third-order valence-electron chi connectivity index (χ3n) is 4.65. The number of hydrogen-bond acceptors (Lipinski definition) is 3. The van der Waals surface area contributed by atoms with E-state index in [1.165, 1.54) is 0 Å². The van der Waals surface area contributed by atoms with Gasteiger partial charge in [-0.05, 0) is 49.2 Å². The summed E-state index contributed by atoms with van der Waals surface area (Å²) in [5, 5.41) is 6.12. The number of nitrogens with one attached hydrogen (secondary N) is 2. The Hall–Kier alpha value is -2.86. The highest BCUT2D eigenvalue weighted by Crippen LogP contribution is 2.20. The number of benzene rings is 2. The van der Waals surface area contributed by atoms with Gasteiger partial charge in [0.05, 0.1) is 0 Å². The number of carbonyl (C=O) groups is 3. The fourth-order valence-electron chi connectivity index (χ4n) is 3.21. The number of likely N-dealkylation sites (tertiary alicyclic amines) is 1. The average Bonchev–Trinajstić information content (AvgIpc) is 3.21. The zero-order valence-electron chi connectivity index (χ0n) is 15.4. The van der Waals surface area contributed by atoms with Gasteiger partial charge in [0.2, 0.25) is 5.91 Å². The first-order valence-electron chi connectivity index (χ1n) is 9.24. The van der Waals surface area contributed by atoms with E-state index in [4.69, 9.17) is 11.6 Å². The minimum absolute atomic E-state index is 0.130. The van der Waals surface area contributed by atoms with Gasteiger partial charge in [-0.15, -0.1) is 0 Å². The number of carbonyl (C=O) groups excluding carboxylic acids is 3. The Morgan fingerprint density at radius 3 is 2.32 bits per heavy atom. The maximum Gasteiger partial charge on any atom is 0.254 e. The van der Waals surface area contributed by atoms with Gasteiger partial charge in [0.25, 0.3) is 11.8 Å². The van der Waals surface area contributed by atoms with Gasteiger partial charge in [0.15, 0.2) is 0 Å². The summed E-state index contributed by atoms with van der Waals surface area (Å²) < 4.78 is 0. The van der Waals surface area contributed by atoms with Crippen molar-refractivity contribution in [2.24, 2.45) is 0 Å². The first-order chi connectivity index (χ1) is 13.6. The van der Waals surface area contributed by atoms with Gasteiger partial charge < -0.3 is 15.5 Å². The maximum atomic E-state index is 12.6. The molecule has 0 bridgehead atoms. The highest BCUT2D eigenvalue weighted by Gasteiger charge is 2.34. The lowest BCUT2D eigenvalue weighted by atomic mass is 10.1. The number of nitrogens with zero attached hydrogens (tertiary/aromatic N) is 1. The van der Waals surface area contributed by atoms with Crippen LogP contribution in [-0.4, -0.2) is 48.3 Å². The average molecular weight is 400 g/mol.